The van der Waals surface area contributed by atoms with E-state index >= 15 is 0 Å². The molecule has 0 aliphatic rings. The third-order valence-electron chi connectivity index (χ3n) is 6.22. The molecule has 2 unspecified atom stereocenters. The number of nitrogens with one attached hydrogen (secondary N) is 2. The molecule has 7 heteroatoms. The molecule has 202 valence electrons. The van der Waals surface area contributed by atoms with E-state index in [0.29, 0.717) is 5.56 Å². The number of carbonyl (C=O) groups excluding carboxylic acids is 3. The SMILES string of the molecule is CCc1ccc(C(C(=O)Nc2c(C)cccc2C)N(CC)C(=O)C(NC(=O)OC(C)(C)C)C(C)C)cc1. The molecule has 0 aliphatic carbocycles. The Hall–Kier alpha value is -3.35. The quantitative estimate of drug-likeness (QED) is 0.438. The summed E-state index contributed by atoms with van der Waals surface area (Å²) in [6.45, 7) is 17.1. The second-order valence-electron chi connectivity index (χ2n) is 10.7. The molecule has 2 aromatic rings. The molecule has 0 spiro atoms. The van der Waals surface area contributed by atoms with Crippen molar-refractivity contribution < 1.29 is 19.1 Å². The molecular weight excluding hydrogens is 466 g/mol. The van der Waals surface area contributed by atoms with Gasteiger partial charge in [-0.15, -0.1) is 0 Å². The monoisotopic (exact) mass is 509 g/mol. The fourth-order valence-corrected chi connectivity index (χ4v) is 4.20. The van der Waals surface area contributed by atoms with Crippen LogP contribution in [-0.4, -0.2) is 41.0 Å². The van der Waals surface area contributed by atoms with Crippen LogP contribution >= 0.6 is 0 Å². The molecule has 0 bridgehead atoms. The fraction of sp³-hybridized carbons (Fsp3) is 0.500. The highest BCUT2D eigenvalue weighted by Crippen LogP contribution is 2.28. The van der Waals surface area contributed by atoms with Gasteiger partial charge in [0.1, 0.15) is 17.7 Å². The summed E-state index contributed by atoms with van der Waals surface area (Å²) in [5.41, 5.74) is 3.76. The van der Waals surface area contributed by atoms with E-state index in [4.69, 9.17) is 4.74 Å². The molecule has 2 rings (SSSR count). The molecule has 2 atom stereocenters. The second-order valence-corrected chi connectivity index (χ2v) is 10.7. The van der Waals surface area contributed by atoms with Crippen LogP contribution in [0.3, 0.4) is 0 Å². The van der Waals surface area contributed by atoms with Gasteiger partial charge in [-0.1, -0.05) is 63.2 Å². The number of amides is 3. The highest BCUT2D eigenvalue weighted by molar-refractivity contribution is 6.00. The van der Waals surface area contributed by atoms with Gasteiger partial charge in [-0.2, -0.15) is 0 Å². The zero-order chi connectivity index (χ0) is 27.9. The highest BCUT2D eigenvalue weighted by Gasteiger charge is 2.37. The van der Waals surface area contributed by atoms with Gasteiger partial charge in [-0.3, -0.25) is 9.59 Å². The second kappa shape index (κ2) is 12.7. The molecule has 0 saturated carbocycles. The van der Waals surface area contributed by atoms with Crippen molar-refractivity contribution in [3.05, 3.63) is 64.7 Å². The first-order valence-electron chi connectivity index (χ1n) is 13.0. The number of likely N-dealkylation sites (N-methyl/N-ethyl adjacent to an activating group) is 1. The fourth-order valence-electron chi connectivity index (χ4n) is 4.20. The lowest BCUT2D eigenvalue weighted by Crippen LogP contribution is -2.54. The lowest BCUT2D eigenvalue weighted by molar-refractivity contribution is -0.141. The van der Waals surface area contributed by atoms with E-state index in [1.165, 1.54) is 4.90 Å². The minimum atomic E-state index is -0.885. The Bertz CT molecular complexity index is 1070. The van der Waals surface area contributed by atoms with Gasteiger partial charge >= 0.3 is 6.09 Å². The first-order chi connectivity index (χ1) is 17.3. The van der Waals surface area contributed by atoms with Crippen LogP contribution in [0.2, 0.25) is 0 Å². The van der Waals surface area contributed by atoms with E-state index in [2.05, 4.69) is 17.6 Å². The maximum Gasteiger partial charge on any atom is 0.408 e. The van der Waals surface area contributed by atoms with Gasteiger partial charge in [-0.05, 0) is 76.1 Å². The van der Waals surface area contributed by atoms with Crippen LogP contribution in [-0.2, 0) is 20.7 Å². The van der Waals surface area contributed by atoms with E-state index < -0.39 is 23.8 Å². The molecule has 0 heterocycles. The van der Waals surface area contributed by atoms with Crippen molar-refractivity contribution in [3.63, 3.8) is 0 Å². The molecule has 0 radical (unpaired) electrons. The molecule has 2 aromatic carbocycles. The van der Waals surface area contributed by atoms with E-state index in [-0.39, 0.29) is 24.3 Å². The van der Waals surface area contributed by atoms with Gasteiger partial charge in [0.25, 0.3) is 5.91 Å². The van der Waals surface area contributed by atoms with Crippen LogP contribution in [0.4, 0.5) is 10.5 Å². The minimum absolute atomic E-state index is 0.223. The van der Waals surface area contributed by atoms with E-state index in [1.54, 1.807) is 20.8 Å². The first-order valence-corrected chi connectivity index (χ1v) is 13.0. The van der Waals surface area contributed by atoms with E-state index in [1.807, 2.05) is 77.1 Å². The number of anilines is 1. The number of ether oxygens (including phenoxy) is 1. The van der Waals surface area contributed by atoms with Crippen LogP contribution in [0.5, 0.6) is 0 Å². The maximum atomic E-state index is 13.9. The standard InChI is InChI=1S/C30H43N3O4/c1-10-22-15-17-23(18-16-22)26(27(34)31-25-20(5)13-12-14-21(25)6)33(11-2)28(35)24(19(3)4)32-29(36)37-30(7,8)9/h12-19,24,26H,10-11H2,1-9H3,(H,31,34)(H,32,36). The van der Waals surface area contributed by atoms with Crippen LogP contribution in [0.25, 0.3) is 0 Å². The van der Waals surface area contributed by atoms with Crippen LogP contribution < -0.4 is 10.6 Å². The molecule has 37 heavy (non-hydrogen) atoms. The molecule has 0 saturated heterocycles. The van der Waals surface area contributed by atoms with Crippen molar-refractivity contribution in [2.24, 2.45) is 5.92 Å². The van der Waals surface area contributed by atoms with Crippen molar-refractivity contribution in [1.82, 2.24) is 10.2 Å². The van der Waals surface area contributed by atoms with Crippen molar-refractivity contribution in [2.75, 3.05) is 11.9 Å². The lowest BCUT2D eigenvalue weighted by Gasteiger charge is -2.35. The Morgan fingerprint density at radius 1 is 0.946 bits per heavy atom. The number of hydrogen-bond donors (Lipinski definition) is 2. The lowest BCUT2D eigenvalue weighted by atomic mass is 9.97. The third-order valence-corrected chi connectivity index (χ3v) is 6.22. The molecule has 2 N–H and O–H groups in total. The largest absolute Gasteiger partial charge is 0.444 e. The van der Waals surface area contributed by atoms with Gasteiger partial charge in [0, 0.05) is 12.2 Å². The Kier molecular flexibility index (Phi) is 10.3. The van der Waals surface area contributed by atoms with E-state index in [9.17, 15) is 14.4 Å². The van der Waals surface area contributed by atoms with Gasteiger partial charge in [0.05, 0.1) is 0 Å². The van der Waals surface area contributed by atoms with Crippen LogP contribution in [0.15, 0.2) is 42.5 Å². The van der Waals surface area contributed by atoms with Gasteiger partial charge in [0.15, 0.2) is 0 Å². The summed E-state index contributed by atoms with van der Waals surface area (Å²) in [4.78, 5) is 41.9. The molecule has 0 aliphatic heterocycles. The summed E-state index contributed by atoms with van der Waals surface area (Å²) >= 11 is 0. The van der Waals surface area contributed by atoms with Gasteiger partial charge < -0.3 is 20.3 Å². The summed E-state index contributed by atoms with van der Waals surface area (Å²) in [5, 5.41) is 5.81. The number of carbonyl (C=O) groups is 3. The van der Waals surface area contributed by atoms with Crippen molar-refractivity contribution in [3.8, 4) is 0 Å². The predicted octanol–water partition coefficient (Wildman–Crippen LogP) is 5.94. The maximum absolute atomic E-state index is 13.9. The number of rotatable bonds is 9. The average molecular weight is 510 g/mol. The van der Waals surface area contributed by atoms with Gasteiger partial charge in [0.2, 0.25) is 5.91 Å². The Labute approximate surface area is 222 Å². The normalized spacial score (nSPS) is 13.0. The predicted molar refractivity (Wildman–Crippen MR) is 148 cm³/mol. The van der Waals surface area contributed by atoms with E-state index in [0.717, 1.165) is 28.8 Å². The Balaban J connectivity index is 2.49. The molecule has 0 fully saturated rings. The van der Waals surface area contributed by atoms with Crippen molar-refractivity contribution in [2.45, 2.75) is 86.4 Å². The molecule has 3 amide bonds. The minimum Gasteiger partial charge on any atom is -0.444 e. The smallest absolute Gasteiger partial charge is 0.408 e. The average Bonchev–Trinajstić information content (AvgIpc) is 2.81. The Morgan fingerprint density at radius 3 is 1.97 bits per heavy atom. The number of nitrogens with zero attached hydrogens (tertiary/aromatic N) is 1. The summed E-state index contributed by atoms with van der Waals surface area (Å²) in [7, 11) is 0. The summed E-state index contributed by atoms with van der Waals surface area (Å²) in [5.74, 6) is -0.875. The molecule has 7 nitrogen and oxygen atoms in total. The number of alkyl carbamates (subject to hydrolysis) is 1. The number of hydrogen-bond acceptors (Lipinski definition) is 4. The third kappa shape index (κ3) is 8.07. The topological polar surface area (TPSA) is 87.7 Å². The number of para-hydroxylation sites is 1. The Morgan fingerprint density at radius 2 is 1.51 bits per heavy atom. The zero-order valence-corrected chi connectivity index (χ0v) is 23.8. The molecule has 0 aromatic heterocycles. The summed E-state index contributed by atoms with van der Waals surface area (Å²) < 4.78 is 5.41. The number of benzene rings is 2. The van der Waals surface area contributed by atoms with Gasteiger partial charge in [-0.25, -0.2) is 4.79 Å². The van der Waals surface area contributed by atoms with Crippen LogP contribution in [0, 0.1) is 19.8 Å². The van der Waals surface area contributed by atoms with Crippen LogP contribution in [0.1, 0.15) is 76.8 Å². The van der Waals surface area contributed by atoms with Crippen molar-refractivity contribution >= 4 is 23.6 Å². The highest BCUT2D eigenvalue weighted by atomic mass is 16.6. The van der Waals surface area contributed by atoms with Crippen molar-refractivity contribution in [1.29, 1.82) is 0 Å². The number of aryl methyl sites for hydroxylation is 3. The zero-order valence-electron chi connectivity index (χ0n) is 23.8. The summed E-state index contributed by atoms with van der Waals surface area (Å²) in [6, 6.07) is 11.8. The summed E-state index contributed by atoms with van der Waals surface area (Å²) in [6.07, 6.45) is 0.199. The molecular formula is C30H43N3O4. The first kappa shape index (κ1) is 29.9.